The maximum Gasteiger partial charge on any atom is 0.338 e. The van der Waals surface area contributed by atoms with E-state index in [2.05, 4.69) is 11.7 Å². The first-order valence-electron chi connectivity index (χ1n) is 9.39. The number of ether oxygens (including phenoxy) is 2. The van der Waals surface area contributed by atoms with Crippen molar-refractivity contribution < 1.29 is 24.2 Å². The van der Waals surface area contributed by atoms with Crippen molar-refractivity contribution in [3.05, 3.63) is 0 Å². The minimum atomic E-state index is -1.43. The van der Waals surface area contributed by atoms with E-state index in [1.54, 1.807) is 13.8 Å². The Balaban J connectivity index is 3.88. The second-order valence-corrected chi connectivity index (χ2v) is 6.74. The summed E-state index contributed by atoms with van der Waals surface area (Å²) in [6, 6.07) is 0. The number of carbonyl (C=O) groups excluding carboxylic acids is 2. The normalized spacial score (nSPS) is 13.6. The molecule has 1 N–H and O–H groups in total. The molecule has 2 atom stereocenters. The lowest BCUT2D eigenvalue weighted by atomic mass is 10.0. The van der Waals surface area contributed by atoms with Gasteiger partial charge in [0.05, 0.1) is 7.11 Å². The Bertz CT molecular complexity index is 341. The van der Waals surface area contributed by atoms with Gasteiger partial charge in [-0.15, -0.1) is 0 Å². The van der Waals surface area contributed by atoms with Crippen molar-refractivity contribution in [3.8, 4) is 0 Å². The van der Waals surface area contributed by atoms with Crippen LogP contribution in [-0.2, 0) is 19.1 Å². The van der Waals surface area contributed by atoms with Crippen molar-refractivity contribution in [1.82, 2.24) is 0 Å². The molecule has 0 bridgehead atoms. The summed E-state index contributed by atoms with van der Waals surface area (Å²) in [5.41, 5.74) is 0. The fourth-order valence-corrected chi connectivity index (χ4v) is 2.61. The summed E-state index contributed by atoms with van der Waals surface area (Å²) in [6.45, 7) is 5.80. The first kappa shape index (κ1) is 22.9. The van der Waals surface area contributed by atoms with Crippen LogP contribution >= 0.6 is 0 Å². The lowest BCUT2D eigenvalue weighted by Gasteiger charge is -2.24. The first-order chi connectivity index (χ1) is 11.4. The van der Waals surface area contributed by atoms with Crippen molar-refractivity contribution in [2.24, 2.45) is 5.92 Å². The van der Waals surface area contributed by atoms with Gasteiger partial charge in [-0.1, -0.05) is 72.1 Å². The molecular weight excluding hydrogens is 308 g/mol. The molecule has 0 saturated heterocycles. The van der Waals surface area contributed by atoms with E-state index in [0.717, 1.165) is 19.3 Å². The van der Waals surface area contributed by atoms with E-state index in [-0.39, 0.29) is 11.9 Å². The number of carbonyl (C=O) groups is 2. The predicted octanol–water partition coefficient (Wildman–Crippen LogP) is 4.01. The third-order valence-electron chi connectivity index (χ3n) is 4.16. The van der Waals surface area contributed by atoms with Gasteiger partial charge < -0.3 is 14.6 Å². The number of esters is 2. The molecule has 0 amide bonds. The highest BCUT2D eigenvalue weighted by Crippen LogP contribution is 2.15. The molecule has 0 spiro atoms. The van der Waals surface area contributed by atoms with Crippen molar-refractivity contribution >= 4 is 11.9 Å². The fourth-order valence-electron chi connectivity index (χ4n) is 2.61. The molecule has 0 aliphatic heterocycles. The molecule has 0 unspecified atom stereocenters. The molecule has 0 rings (SSSR count). The van der Waals surface area contributed by atoms with Gasteiger partial charge >= 0.3 is 11.9 Å². The number of hydrogen-bond donors (Lipinski definition) is 1. The topological polar surface area (TPSA) is 72.8 Å². The van der Waals surface area contributed by atoms with E-state index < -0.39 is 18.2 Å². The summed E-state index contributed by atoms with van der Waals surface area (Å²) in [6.07, 6.45) is 8.67. The lowest BCUT2D eigenvalue weighted by molar-refractivity contribution is -0.171. The van der Waals surface area contributed by atoms with E-state index in [4.69, 9.17) is 4.74 Å². The number of hydrogen-bond acceptors (Lipinski definition) is 5. The van der Waals surface area contributed by atoms with Gasteiger partial charge in [-0.05, 0) is 12.3 Å². The highest BCUT2D eigenvalue weighted by molar-refractivity contribution is 5.76. The molecular formula is C19H36O5. The SMILES string of the molecule is CCCCCCCCCCCC(=O)O[C@H](C(C)C)[C@@H](O)C(=O)OC. The molecule has 0 saturated carbocycles. The molecule has 142 valence electrons. The molecule has 0 aliphatic rings. The summed E-state index contributed by atoms with van der Waals surface area (Å²) in [7, 11) is 1.20. The summed E-state index contributed by atoms with van der Waals surface area (Å²) in [5.74, 6) is -1.30. The fraction of sp³-hybridized carbons (Fsp3) is 0.895. The highest BCUT2D eigenvalue weighted by Gasteiger charge is 2.32. The van der Waals surface area contributed by atoms with E-state index in [1.165, 1.54) is 45.6 Å². The van der Waals surface area contributed by atoms with E-state index in [9.17, 15) is 14.7 Å². The van der Waals surface area contributed by atoms with E-state index in [0.29, 0.717) is 6.42 Å². The standard InChI is InChI=1S/C19H36O5/c1-5-6-7-8-9-10-11-12-13-14-16(20)24-18(15(2)3)17(21)19(22)23-4/h15,17-18,21H,5-14H2,1-4H3/t17-,18-/m1/s1. The maximum atomic E-state index is 11.9. The third kappa shape index (κ3) is 10.6. The number of rotatable bonds is 14. The monoisotopic (exact) mass is 344 g/mol. The van der Waals surface area contributed by atoms with Crippen molar-refractivity contribution in [1.29, 1.82) is 0 Å². The Kier molecular flexibility index (Phi) is 13.6. The number of unbranched alkanes of at least 4 members (excludes halogenated alkanes) is 8. The molecule has 0 fully saturated rings. The van der Waals surface area contributed by atoms with Crippen LogP contribution in [0.4, 0.5) is 0 Å². The van der Waals surface area contributed by atoms with Crippen LogP contribution in [0.2, 0.25) is 0 Å². The van der Waals surface area contributed by atoms with Gasteiger partial charge in [0.25, 0.3) is 0 Å². The van der Waals surface area contributed by atoms with Gasteiger partial charge in [0, 0.05) is 6.42 Å². The summed E-state index contributed by atoms with van der Waals surface area (Å²) in [4.78, 5) is 23.3. The zero-order valence-corrected chi connectivity index (χ0v) is 15.9. The van der Waals surface area contributed by atoms with Crippen LogP contribution in [0.3, 0.4) is 0 Å². The second-order valence-electron chi connectivity index (χ2n) is 6.74. The Morgan fingerprint density at radius 1 is 0.917 bits per heavy atom. The van der Waals surface area contributed by atoms with Crippen LogP contribution in [0, 0.1) is 5.92 Å². The van der Waals surface area contributed by atoms with Crippen molar-refractivity contribution in [2.75, 3.05) is 7.11 Å². The summed E-state index contributed by atoms with van der Waals surface area (Å²) in [5, 5.41) is 9.88. The zero-order valence-electron chi connectivity index (χ0n) is 15.9. The number of methoxy groups -OCH3 is 1. The minimum Gasteiger partial charge on any atom is -0.467 e. The number of aliphatic hydroxyl groups excluding tert-OH is 1. The molecule has 0 radical (unpaired) electrons. The first-order valence-corrected chi connectivity index (χ1v) is 9.39. The molecule has 5 nitrogen and oxygen atoms in total. The molecule has 0 heterocycles. The Morgan fingerprint density at radius 2 is 1.42 bits per heavy atom. The predicted molar refractivity (Wildman–Crippen MR) is 94.6 cm³/mol. The zero-order chi connectivity index (χ0) is 18.4. The smallest absolute Gasteiger partial charge is 0.338 e. The summed E-state index contributed by atoms with van der Waals surface area (Å²) < 4.78 is 9.78. The second kappa shape index (κ2) is 14.3. The van der Waals surface area contributed by atoms with Crippen LogP contribution in [0.15, 0.2) is 0 Å². The minimum absolute atomic E-state index is 0.161. The van der Waals surface area contributed by atoms with Crippen LogP contribution in [-0.4, -0.2) is 36.4 Å². The Labute approximate surface area is 147 Å². The van der Waals surface area contributed by atoms with Crippen LogP contribution in [0.25, 0.3) is 0 Å². The van der Waals surface area contributed by atoms with Gasteiger partial charge in [0.2, 0.25) is 0 Å². The largest absolute Gasteiger partial charge is 0.467 e. The molecule has 0 aromatic heterocycles. The van der Waals surface area contributed by atoms with Gasteiger partial charge in [0.1, 0.15) is 6.10 Å². The van der Waals surface area contributed by atoms with Gasteiger partial charge in [0.15, 0.2) is 6.10 Å². The molecule has 0 aromatic rings. The molecule has 0 aromatic carbocycles. The molecule has 0 aliphatic carbocycles. The van der Waals surface area contributed by atoms with Gasteiger partial charge in [-0.3, -0.25) is 4.79 Å². The Hall–Kier alpha value is -1.10. The average Bonchev–Trinajstić information content (AvgIpc) is 2.56. The molecule has 24 heavy (non-hydrogen) atoms. The number of aliphatic hydroxyl groups is 1. The maximum absolute atomic E-state index is 11.9. The van der Waals surface area contributed by atoms with Crippen molar-refractivity contribution in [2.45, 2.75) is 97.2 Å². The van der Waals surface area contributed by atoms with E-state index in [1.807, 2.05) is 0 Å². The van der Waals surface area contributed by atoms with Gasteiger partial charge in [-0.2, -0.15) is 0 Å². The van der Waals surface area contributed by atoms with Gasteiger partial charge in [-0.25, -0.2) is 4.79 Å². The van der Waals surface area contributed by atoms with Crippen LogP contribution in [0.1, 0.15) is 85.0 Å². The molecule has 5 heteroatoms. The lowest BCUT2D eigenvalue weighted by Crippen LogP contribution is -2.41. The highest BCUT2D eigenvalue weighted by atomic mass is 16.6. The van der Waals surface area contributed by atoms with E-state index >= 15 is 0 Å². The quantitative estimate of drug-likeness (QED) is 0.381. The summed E-state index contributed by atoms with van der Waals surface area (Å²) >= 11 is 0. The van der Waals surface area contributed by atoms with Crippen LogP contribution < -0.4 is 0 Å². The van der Waals surface area contributed by atoms with Crippen molar-refractivity contribution in [3.63, 3.8) is 0 Å². The average molecular weight is 344 g/mol. The third-order valence-corrected chi connectivity index (χ3v) is 4.16. The van der Waals surface area contributed by atoms with Crippen LogP contribution in [0.5, 0.6) is 0 Å². The Morgan fingerprint density at radius 3 is 1.88 bits per heavy atom.